The summed E-state index contributed by atoms with van der Waals surface area (Å²) in [7, 11) is -3.65. The summed E-state index contributed by atoms with van der Waals surface area (Å²) >= 11 is 0. The van der Waals surface area contributed by atoms with Gasteiger partial charge in [0.1, 0.15) is 0 Å². The summed E-state index contributed by atoms with van der Waals surface area (Å²) in [5.74, 6) is 0. The number of benzene rings is 2. The molecule has 0 N–H and O–H groups in total. The van der Waals surface area contributed by atoms with Crippen molar-refractivity contribution in [3.05, 3.63) is 65.4 Å². The Bertz CT molecular complexity index is 1000. The zero-order valence-corrected chi connectivity index (χ0v) is 15.6. The van der Waals surface area contributed by atoms with Crippen LogP contribution in [0.25, 0.3) is 10.9 Å². The summed E-state index contributed by atoms with van der Waals surface area (Å²) in [6.07, 6.45) is 0. The first-order chi connectivity index (χ1) is 11.1. The average molecular weight is 341 g/mol. The molecule has 1 aromatic heterocycles. The van der Waals surface area contributed by atoms with Gasteiger partial charge in [0.15, 0.2) is 0 Å². The highest BCUT2D eigenvalue weighted by atomic mass is 32.2. The minimum Gasteiger partial charge on any atom is -0.237 e. The van der Waals surface area contributed by atoms with Crippen LogP contribution in [0.3, 0.4) is 0 Å². The van der Waals surface area contributed by atoms with Gasteiger partial charge in [-0.05, 0) is 44.2 Å². The van der Waals surface area contributed by atoms with Gasteiger partial charge in [0.25, 0.3) is 10.0 Å². The van der Waals surface area contributed by atoms with E-state index in [0.717, 1.165) is 27.7 Å². The SMILES string of the molecule is Cc1ccc(S(=O)(=O)n2c(C(C)(C)C)cc3cc(C)ccc32)cc1. The highest BCUT2D eigenvalue weighted by Crippen LogP contribution is 2.33. The molecule has 0 unspecified atom stereocenters. The van der Waals surface area contributed by atoms with E-state index in [1.807, 2.05) is 71.0 Å². The van der Waals surface area contributed by atoms with E-state index in [1.54, 1.807) is 12.1 Å². The first kappa shape index (κ1) is 16.8. The predicted molar refractivity (Wildman–Crippen MR) is 99.1 cm³/mol. The average Bonchev–Trinajstić information content (AvgIpc) is 2.87. The van der Waals surface area contributed by atoms with Crippen LogP contribution in [0.2, 0.25) is 0 Å². The molecule has 0 fully saturated rings. The number of nitrogens with zero attached hydrogens (tertiary/aromatic N) is 1. The van der Waals surface area contributed by atoms with Gasteiger partial charge in [0.2, 0.25) is 0 Å². The minimum absolute atomic E-state index is 0.287. The van der Waals surface area contributed by atoms with Gasteiger partial charge in [-0.15, -0.1) is 0 Å². The van der Waals surface area contributed by atoms with E-state index in [2.05, 4.69) is 0 Å². The third-order valence-corrected chi connectivity index (χ3v) is 5.98. The molecule has 0 aliphatic carbocycles. The van der Waals surface area contributed by atoms with E-state index in [-0.39, 0.29) is 5.41 Å². The Hall–Kier alpha value is -2.07. The summed E-state index contributed by atoms with van der Waals surface area (Å²) in [5.41, 5.74) is 3.39. The number of rotatable bonds is 2. The van der Waals surface area contributed by atoms with Crippen molar-refractivity contribution in [3.63, 3.8) is 0 Å². The second-order valence-electron chi connectivity index (χ2n) is 7.42. The van der Waals surface area contributed by atoms with Gasteiger partial charge in [0, 0.05) is 16.5 Å². The van der Waals surface area contributed by atoms with Crippen LogP contribution in [-0.4, -0.2) is 12.4 Å². The second kappa shape index (κ2) is 5.49. The quantitative estimate of drug-likeness (QED) is 0.672. The first-order valence-corrected chi connectivity index (χ1v) is 9.49. The minimum atomic E-state index is -3.65. The molecule has 24 heavy (non-hydrogen) atoms. The molecule has 0 radical (unpaired) electrons. The largest absolute Gasteiger partial charge is 0.268 e. The number of hydrogen-bond acceptors (Lipinski definition) is 2. The summed E-state index contributed by atoms with van der Waals surface area (Å²) < 4.78 is 28.2. The van der Waals surface area contributed by atoms with Crippen molar-refractivity contribution in [3.8, 4) is 0 Å². The molecule has 0 bridgehead atoms. The molecule has 1 heterocycles. The monoisotopic (exact) mass is 341 g/mol. The van der Waals surface area contributed by atoms with E-state index in [9.17, 15) is 8.42 Å². The molecular weight excluding hydrogens is 318 g/mol. The summed E-state index contributed by atoms with van der Waals surface area (Å²) in [5, 5.41) is 0.954. The molecule has 3 nitrogen and oxygen atoms in total. The Morgan fingerprint density at radius 2 is 1.42 bits per heavy atom. The maximum absolute atomic E-state index is 13.3. The van der Waals surface area contributed by atoms with Gasteiger partial charge in [-0.1, -0.05) is 50.1 Å². The lowest BCUT2D eigenvalue weighted by Gasteiger charge is -2.22. The van der Waals surface area contributed by atoms with Crippen LogP contribution in [0.4, 0.5) is 0 Å². The Morgan fingerprint density at radius 1 is 0.833 bits per heavy atom. The van der Waals surface area contributed by atoms with Gasteiger partial charge in [0.05, 0.1) is 10.4 Å². The molecule has 0 amide bonds. The van der Waals surface area contributed by atoms with Crippen LogP contribution in [-0.2, 0) is 15.4 Å². The number of hydrogen-bond donors (Lipinski definition) is 0. The van der Waals surface area contributed by atoms with Gasteiger partial charge >= 0.3 is 0 Å². The fourth-order valence-electron chi connectivity index (χ4n) is 2.91. The fraction of sp³-hybridized carbons (Fsp3) is 0.300. The number of fused-ring (bicyclic) bond motifs is 1. The highest BCUT2D eigenvalue weighted by molar-refractivity contribution is 7.90. The van der Waals surface area contributed by atoms with Crippen molar-refractivity contribution in [2.45, 2.75) is 44.9 Å². The van der Waals surface area contributed by atoms with Crippen molar-refractivity contribution >= 4 is 20.9 Å². The second-order valence-corrected chi connectivity index (χ2v) is 9.21. The van der Waals surface area contributed by atoms with Crippen LogP contribution in [0.15, 0.2) is 53.4 Å². The highest BCUT2D eigenvalue weighted by Gasteiger charge is 2.28. The van der Waals surface area contributed by atoms with E-state index < -0.39 is 10.0 Å². The van der Waals surface area contributed by atoms with Gasteiger partial charge in [-0.2, -0.15) is 0 Å². The Labute approximate surface area is 144 Å². The molecule has 2 aromatic carbocycles. The molecule has 0 aliphatic heterocycles. The normalized spacial score (nSPS) is 12.7. The molecule has 0 saturated heterocycles. The molecule has 3 aromatic rings. The van der Waals surface area contributed by atoms with Crippen LogP contribution in [0.5, 0.6) is 0 Å². The number of aromatic nitrogens is 1. The fourth-order valence-corrected chi connectivity index (χ4v) is 4.61. The maximum Gasteiger partial charge on any atom is 0.268 e. The lowest BCUT2D eigenvalue weighted by molar-refractivity contribution is 0.547. The third kappa shape index (κ3) is 2.75. The van der Waals surface area contributed by atoms with Gasteiger partial charge in [-0.25, -0.2) is 12.4 Å². The van der Waals surface area contributed by atoms with Crippen LogP contribution in [0, 0.1) is 13.8 Å². The van der Waals surface area contributed by atoms with E-state index in [0.29, 0.717) is 4.90 Å². The van der Waals surface area contributed by atoms with Crippen molar-refractivity contribution in [1.82, 2.24) is 3.97 Å². The molecule has 0 spiro atoms. The molecule has 0 saturated carbocycles. The van der Waals surface area contributed by atoms with E-state index in [1.165, 1.54) is 3.97 Å². The first-order valence-electron chi connectivity index (χ1n) is 8.05. The Kier molecular flexibility index (Phi) is 3.83. The van der Waals surface area contributed by atoms with Gasteiger partial charge < -0.3 is 0 Å². The Balaban J connectivity index is 2.37. The van der Waals surface area contributed by atoms with Crippen molar-refractivity contribution < 1.29 is 8.42 Å². The lowest BCUT2D eigenvalue weighted by atomic mass is 9.92. The standard InChI is InChI=1S/C20H23NO2S/c1-14-6-9-17(10-7-14)24(22,23)21-18-11-8-15(2)12-16(18)13-19(21)20(3,4)5/h6-13H,1-5H3. The van der Waals surface area contributed by atoms with Crippen molar-refractivity contribution in [1.29, 1.82) is 0 Å². The molecular formula is C20H23NO2S. The van der Waals surface area contributed by atoms with Crippen molar-refractivity contribution in [2.75, 3.05) is 0 Å². The zero-order valence-electron chi connectivity index (χ0n) is 14.8. The molecule has 126 valence electrons. The van der Waals surface area contributed by atoms with E-state index in [4.69, 9.17) is 0 Å². The smallest absolute Gasteiger partial charge is 0.237 e. The Morgan fingerprint density at radius 3 is 2.00 bits per heavy atom. The lowest BCUT2D eigenvalue weighted by Crippen LogP contribution is -2.23. The number of aryl methyl sites for hydroxylation is 2. The molecule has 0 atom stereocenters. The van der Waals surface area contributed by atoms with Crippen LogP contribution in [0.1, 0.15) is 37.6 Å². The van der Waals surface area contributed by atoms with E-state index >= 15 is 0 Å². The van der Waals surface area contributed by atoms with Crippen LogP contribution >= 0.6 is 0 Å². The molecule has 4 heteroatoms. The molecule has 3 rings (SSSR count). The topological polar surface area (TPSA) is 39.1 Å². The maximum atomic E-state index is 13.3. The summed E-state index contributed by atoms with van der Waals surface area (Å²) in [6, 6.07) is 14.9. The van der Waals surface area contributed by atoms with Gasteiger partial charge in [-0.3, -0.25) is 0 Å². The summed E-state index contributed by atoms with van der Waals surface area (Å²) in [6.45, 7) is 10.1. The van der Waals surface area contributed by atoms with Crippen molar-refractivity contribution in [2.24, 2.45) is 0 Å². The zero-order chi connectivity index (χ0) is 17.7. The predicted octanol–water partition coefficient (Wildman–Crippen LogP) is 4.79. The third-order valence-electron chi connectivity index (χ3n) is 4.24. The molecule has 0 aliphatic rings. The van der Waals surface area contributed by atoms with Crippen LogP contribution < -0.4 is 0 Å². The summed E-state index contributed by atoms with van der Waals surface area (Å²) in [4.78, 5) is 0.316.